The van der Waals surface area contributed by atoms with Crippen LogP contribution in [0, 0.1) is 5.82 Å². The quantitative estimate of drug-likeness (QED) is 0.875. The van der Waals surface area contributed by atoms with E-state index >= 15 is 0 Å². The molecule has 0 bridgehead atoms. The molecule has 7 heteroatoms. The summed E-state index contributed by atoms with van der Waals surface area (Å²) in [4.78, 5) is 11.9. The minimum atomic E-state index is -0.614. The predicted molar refractivity (Wildman–Crippen MR) is 67.0 cm³/mol. The predicted octanol–water partition coefficient (Wildman–Crippen LogP) is 2.05. The molecule has 0 aliphatic carbocycles. The van der Waals surface area contributed by atoms with Gasteiger partial charge in [-0.05, 0) is 18.2 Å². The average molecular weight is 269 g/mol. The van der Waals surface area contributed by atoms with Crippen LogP contribution in [-0.4, -0.2) is 15.7 Å². The van der Waals surface area contributed by atoms with Gasteiger partial charge in [0.15, 0.2) is 0 Å². The fourth-order valence-electron chi connectivity index (χ4n) is 1.50. The summed E-state index contributed by atoms with van der Waals surface area (Å²) in [5.41, 5.74) is 6.03. The van der Waals surface area contributed by atoms with Crippen LogP contribution in [-0.2, 0) is 7.05 Å². The van der Waals surface area contributed by atoms with Gasteiger partial charge in [0, 0.05) is 12.1 Å². The molecule has 0 aliphatic rings. The first-order chi connectivity index (χ1) is 8.49. The van der Waals surface area contributed by atoms with Crippen LogP contribution in [0.4, 0.5) is 15.8 Å². The van der Waals surface area contributed by atoms with Crippen molar-refractivity contribution in [3.05, 3.63) is 40.9 Å². The maximum Gasteiger partial charge on any atom is 0.276 e. The van der Waals surface area contributed by atoms with Crippen LogP contribution in [0.15, 0.2) is 24.4 Å². The molecule has 0 saturated heterocycles. The minimum absolute atomic E-state index is 0.0324. The highest BCUT2D eigenvalue weighted by Gasteiger charge is 2.16. The Morgan fingerprint density at radius 2 is 2.28 bits per heavy atom. The number of aryl methyl sites for hydroxylation is 1. The van der Waals surface area contributed by atoms with Gasteiger partial charge in [0.25, 0.3) is 5.91 Å². The molecule has 18 heavy (non-hydrogen) atoms. The van der Waals surface area contributed by atoms with Crippen molar-refractivity contribution in [2.75, 3.05) is 11.1 Å². The van der Waals surface area contributed by atoms with Gasteiger partial charge in [-0.25, -0.2) is 4.39 Å². The van der Waals surface area contributed by atoms with Crippen LogP contribution in [0.5, 0.6) is 0 Å². The summed E-state index contributed by atoms with van der Waals surface area (Å²) in [6.45, 7) is 0. The standard InChI is InChI=1S/C11H10ClFN4O/c1-17-10(8(14)5-15-17)11(18)16-9-3-2-6(12)4-7(9)13/h2-5H,14H2,1H3,(H,16,18). The lowest BCUT2D eigenvalue weighted by atomic mass is 10.3. The van der Waals surface area contributed by atoms with Gasteiger partial charge in [0.05, 0.1) is 17.6 Å². The molecule has 1 heterocycles. The van der Waals surface area contributed by atoms with Crippen molar-refractivity contribution in [1.82, 2.24) is 9.78 Å². The molecule has 0 spiro atoms. The van der Waals surface area contributed by atoms with E-state index in [-0.39, 0.29) is 22.1 Å². The summed E-state index contributed by atoms with van der Waals surface area (Å²) in [6.07, 6.45) is 1.35. The summed E-state index contributed by atoms with van der Waals surface area (Å²) in [5, 5.41) is 6.49. The van der Waals surface area contributed by atoms with Gasteiger partial charge >= 0.3 is 0 Å². The van der Waals surface area contributed by atoms with Crippen molar-refractivity contribution in [1.29, 1.82) is 0 Å². The van der Waals surface area contributed by atoms with E-state index in [0.29, 0.717) is 0 Å². The van der Waals surface area contributed by atoms with Gasteiger partial charge in [0.1, 0.15) is 11.5 Å². The van der Waals surface area contributed by atoms with Gasteiger partial charge in [-0.3, -0.25) is 9.48 Å². The normalized spacial score (nSPS) is 10.4. The molecule has 0 fully saturated rings. The van der Waals surface area contributed by atoms with Crippen molar-refractivity contribution in [2.45, 2.75) is 0 Å². The van der Waals surface area contributed by atoms with Crippen LogP contribution < -0.4 is 11.1 Å². The molecule has 0 aliphatic heterocycles. The number of hydrogen-bond acceptors (Lipinski definition) is 3. The number of halogens is 2. The number of anilines is 2. The number of carbonyl (C=O) groups is 1. The Labute approximate surface area is 107 Å². The highest BCUT2D eigenvalue weighted by Crippen LogP contribution is 2.20. The molecule has 3 N–H and O–H groups in total. The van der Waals surface area contributed by atoms with Crippen molar-refractivity contribution in [2.24, 2.45) is 7.05 Å². The number of aromatic nitrogens is 2. The van der Waals surface area contributed by atoms with E-state index in [1.807, 2.05) is 0 Å². The van der Waals surface area contributed by atoms with E-state index in [4.69, 9.17) is 17.3 Å². The van der Waals surface area contributed by atoms with Crippen LogP contribution >= 0.6 is 11.6 Å². The molecule has 0 saturated carbocycles. The Hall–Kier alpha value is -2.08. The summed E-state index contributed by atoms with van der Waals surface area (Å²) in [7, 11) is 1.57. The van der Waals surface area contributed by atoms with Crippen LogP contribution in [0.1, 0.15) is 10.5 Å². The Morgan fingerprint density at radius 1 is 1.56 bits per heavy atom. The lowest BCUT2D eigenvalue weighted by Gasteiger charge is -2.07. The number of hydrogen-bond donors (Lipinski definition) is 2. The number of rotatable bonds is 2. The number of nitrogens with zero attached hydrogens (tertiary/aromatic N) is 2. The highest BCUT2D eigenvalue weighted by atomic mass is 35.5. The van der Waals surface area contributed by atoms with Gasteiger partial charge in [0.2, 0.25) is 0 Å². The SMILES string of the molecule is Cn1ncc(N)c1C(=O)Nc1ccc(Cl)cc1F. The average Bonchev–Trinajstić information content (AvgIpc) is 2.62. The molecular weight excluding hydrogens is 259 g/mol. The lowest BCUT2D eigenvalue weighted by molar-refractivity contribution is 0.101. The third-order valence-corrected chi connectivity index (χ3v) is 2.60. The fraction of sp³-hybridized carbons (Fsp3) is 0.0909. The number of nitrogens with one attached hydrogen (secondary N) is 1. The van der Waals surface area contributed by atoms with Crippen molar-refractivity contribution in [3.63, 3.8) is 0 Å². The number of nitrogens with two attached hydrogens (primary N) is 1. The van der Waals surface area contributed by atoms with Gasteiger partial charge in [-0.15, -0.1) is 0 Å². The van der Waals surface area contributed by atoms with E-state index in [2.05, 4.69) is 10.4 Å². The van der Waals surface area contributed by atoms with Crippen LogP contribution in [0.2, 0.25) is 5.02 Å². The smallest absolute Gasteiger partial charge is 0.276 e. The Morgan fingerprint density at radius 3 is 2.83 bits per heavy atom. The molecule has 5 nitrogen and oxygen atoms in total. The second-order valence-electron chi connectivity index (χ2n) is 3.65. The van der Waals surface area contributed by atoms with E-state index in [1.165, 1.54) is 23.0 Å². The summed E-state index contributed by atoms with van der Waals surface area (Å²) >= 11 is 5.62. The van der Waals surface area contributed by atoms with Gasteiger partial charge in [-0.2, -0.15) is 5.10 Å². The zero-order valence-corrected chi connectivity index (χ0v) is 10.2. The fourth-order valence-corrected chi connectivity index (χ4v) is 1.66. The minimum Gasteiger partial charge on any atom is -0.396 e. The monoisotopic (exact) mass is 268 g/mol. The second kappa shape index (κ2) is 4.66. The Bertz CT molecular complexity index is 592. The van der Waals surface area contributed by atoms with Gasteiger partial charge < -0.3 is 11.1 Å². The summed E-state index contributed by atoms with van der Waals surface area (Å²) in [6, 6.07) is 3.97. The molecule has 1 aromatic carbocycles. The van der Waals surface area contributed by atoms with Crippen molar-refractivity contribution in [3.8, 4) is 0 Å². The number of carbonyl (C=O) groups excluding carboxylic acids is 1. The molecule has 0 unspecified atom stereocenters. The number of nitrogen functional groups attached to an aromatic ring is 1. The molecule has 1 aromatic heterocycles. The largest absolute Gasteiger partial charge is 0.396 e. The zero-order valence-electron chi connectivity index (χ0n) is 9.45. The lowest BCUT2D eigenvalue weighted by Crippen LogP contribution is -2.18. The number of amides is 1. The summed E-state index contributed by atoms with van der Waals surface area (Å²) < 4.78 is 14.8. The first-order valence-corrected chi connectivity index (χ1v) is 5.40. The van der Waals surface area contributed by atoms with E-state index < -0.39 is 11.7 Å². The van der Waals surface area contributed by atoms with Crippen LogP contribution in [0.25, 0.3) is 0 Å². The first-order valence-electron chi connectivity index (χ1n) is 5.03. The first kappa shape index (κ1) is 12.4. The summed E-state index contributed by atoms with van der Waals surface area (Å²) in [5.74, 6) is -1.15. The maximum absolute atomic E-state index is 13.5. The molecular formula is C11H10ClFN4O. The van der Waals surface area contributed by atoms with Gasteiger partial charge in [-0.1, -0.05) is 11.6 Å². The molecule has 94 valence electrons. The second-order valence-corrected chi connectivity index (χ2v) is 4.09. The molecule has 0 radical (unpaired) electrons. The van der Waals surface area contributed by atoms with Crippen molar-refractivity contribution >= 4 is 28.9 Å². The van der Waals surface area contributed by atoms with Crippen molar-refractivity contribution < 1.29 is 9.18 Å². The third kappa shape index (κ3) is 2.28. The number of benzene rings is 1. The topological polar surface area (TPSA) is 72.9 Å². The zero-order chi connectivity index (χ0) is 13.3. The Balaban J connectivity index is 2.27. The highest BCUT2D eigenvalue weighted by molar-refractivity contribution is 6.30. The van der Waals surface area contributed by atoms with Crippen LogP contribution in [0.3, 0.4) is 0 Å². The molecule has 1 amide bonds. The van der Waals surface area contributed by atoms with E-state index in [1.54, 1.807) is 7.05 Å². The molecule has 2 aromatic rings. The molecule has 0 atom stereocenters. The third-order valence-electron chi connectivity index (χ3n) is 2.36. The maximum atomic E-state index is 13.5. The molecule has 2 rings (SSSR count). The van der Waals surface area contributed by atoms with E-state index in [0.717, 1.165) is 6.07 Å². The Kier molecular flexibility index (Phi) is 3.20. The van der Waals surface area contributed by atoms with E-state index in [9.17, 15) is 9.18 Å².